The van der Waals surface area contributed by atoms with E-state index in [9.17, 15) is 13.2 Å². The van der Waals surface area contributed by atoms with Gasteiger partial charge in [0.2, 0.25) is 5.91 Å². The minimum Gasteiger partial charge on any atom is -0.370 e. The summed E-state index contributed by atoms with van der Waals surface area (Å²) in [7, 11) is -4.03. The third kappa shape index (κ3) is 5.82. The smallest absolute Gasteiger partial charge is 0.294 e. The van der Waals surface area contributed by atoms with E-state index in [1.54, 1.807) is 25.1 Å². The van der Waals surface area contributed by atoms with Crippen molar-refractivity contribution in [3.63, 3.8) is 0 Å². The molecule has 0 aliphatic carbocycles. The van der Waals surface area contributed by atoms with E-state index >= 15 is 0 Å². The number of nitrogens with two attached hydrogens (primary N) is 1. The topological polar surface area (TPSA) is 97.5 Å². The Morgan fingerprint density at radius 3 is 2.00 bits per heavy atom. The van der Waals surface area contributed by atoms with E-state index in [0.29, 0.717) is 5.56 Å². The van der Waals surface area contributed by atoms with Gasteiger partial charge in [0.1, 0.15) is 0 Å². The zero-order chi connectivity index (χ0) is 12.1. The molecule has 3 N–H and O–H groups in total. The molecule has 0 radical (unpaired) electrons. The molecular weight excluding hydrogens is 218 g/mol. The van der Waals surface area contributed by atoms with Crippen molar-refractivity contribution in [1.29, 1.82) is 0 Å². The minimum atomic E-state index is -4.03. The van der Waals surface area contributed by atoms with Crippen molar-refractivity contribution < 1.29 is 17.8 Å². The molecule has 0 fully saturated rings. The molecule has 0 bridgehead atoms. The Balaban J connectivity index is 0.000000423. The van der Waals surface area contributed by atoms with Crippen LogP contribution in [0.25, 0.3) is 0 Å². The highest BCUT2D eigenvalue weighted by Gasteiger charge is 2.10. The molecule has 0 unspecified atom stereocenters. The van der Waals surface area contributed by atoms with Crippen molar-refractivity contribution in [3.05, 3.63) is 29.8 Å². The molecule has 5 nitrogen and oxygen atoms in total. The van der Waals surface area contributed by atoms with E-state index in [-0.39, 0.29) is 10.8 Å². The Labute approximate surface area is 88.7 Å². The summed E-state index contributed by atoms with van der Waals surface area (Å²) < 4.78 is 29.9. The summed E-state index contributed by atoms with van der Waals surface area (Å²) in [6.07, 6.45) is 0. The number of carbonyl (C=O) groups excluding carboxylic acids is 1. The third-order valence-electron chi connectivity index (χ3n) is 1.37. The monoisotopic (exact) mass is 231 g/mol. The van der Waals surface area contributed by atoms with E-state index < -0.39 is 10.1 Å². The van der Waals surface area contributed by atoms with Crippen molar-refractivity contribution in [2.75, 3.05) is 0 Å². The van der Waals surface area contributed by atoms with E-state index in [1.165, 1.54) is 13.0 Å². The number of benzene rings is 1. The highest BCUT2D eigenvalue weighted by Crippen LogP contribution is 2.12. The first-order valence-corrected chi connectivity index (χ1v) is 5.48. The minimum absolute atomic E-state index is 0.0278. The van der Waals surface area contributed by atoms with E-state index in [2.05, 4.69) is 5.73 Å². The maximum absolute atomic E-state index is 10.6. The van der Waals surface area contributed by atoms with Crippen LogP contribution < -0.4 is 5.73 Å². The number of rotatable bonds is 1. The molecule has 1 aromatic rings. The molecule has 0 saturated carbocycles. The average Bonchev–Trinajstić information content (AvgIpc) is 2.01. The summed E-state index contributed by atoms with van der Waals surface area (Å²) in [6.45, 7) is 2.93. The van der Waals surface area contributed by atoms with Gasteiger partial charge in [-0.15, -0.1) is 0 Å². The zero-order valence-electron chi connectivity index (χ0n) is 8.47. The Hall–Kier alpha value is -1.40. The van der Waals surface area contributed by atoms with Gasteiger partial charge in [0.25, 0.3) is 10.1 Å². The van der Waals surface area contributed by atoms with Crippen molar-refractivity contribution >= 4 is 16.0 Å². The van der Waals surface area contributed by atoms with Crippen LogP contribution in [0.15, 0.2) is 29.2 Å². The van der Waals surface area contributed by atoms with Crippen LogP contribution in [0.4, 0.5) is 0 Å². The first-order chi connectivity index (χ1) is 6.75. The summed E-state index contributed by atoms with van der Waals surface area (Å²) in [5.74, 6) is -0.333. The third-order valence-corrected chi connectivity index (χ3v) is 2.39. The van der Waals surface area contributed by atoms with Crippen molar-refractivity contribution in [1.82, 2.24) is 0 Å². The van der Waals surface area contributed by atoms with Gasteiger partial charge in [-0.2, -0.15) is 8.42 Å². The molecule has 0 heterocycles. The second-order valence-electron chi connectivity index (χ2n) is 2.85. The van der Waals surface area contributed by atoms with Crippen LogP contribution in [0, 0.1) is 6.92 Å². The van der Waals surface area contributed by atoms with Crippen LogP contribution in [-0.2, 0) is 14.9 Å². The number of hydrogen-bond acceptors (Lipinski definition) is 3. The van der Waals surface area contributed by atoms with Crippen LogP contribution in [0.2, 0.25) is 0 Å². The summed E-state index contributed by atoms with van der Waals surface area (Å²) in [5.41, 5.74) is 5.02. The fraction of sp³-hybridized carbons (Fsp3) is 0.222. The molecule has 1 amide bonds. The number of amides is 1. The molecule has 6 heteroatoms. The number of primary amides is 1. The van der Waals surface area contributed by atoms with Crippen LogP contribution in [0.1, 0.15) is 12.5 Å². The number of hydrogen-bond donors (Lipinski definition) is 2. The van der Waals surface area contributed by atoms with Gasteiger partial charge in [0.15, 0.2) is 0 Å². The van der Waals surface area contributed by atoms with Gasteiger partial charge in [-0.1, -0.05) is 18.2 Å². The highest BCUT2D eigenvalue weighted by atomic mass is 32.2. The molecule has 1 aromatic carbocycles. The fourth-order valence-electron chi connectivity index (χ4n) is 0.846. The van der Waals surface area contributed by atoms with E-state index in [1.807, 2.05) is 0 Å². The molecule has 0 saturated heterocycles. The SMILES string of the molecule is CC(N)=O.Cc1ccccc1S(=O)(=O)O. The molecule has 1 rings (SSSR count). The summed E-state index contributed by atoms with van der Waals surface area (Å²) >= 11 is 0. The average molecular weight is 231 g/mol. The lowest BCUT2D eigenvalue weighted by atomic mass is 10.2. The zero-order valence-corrected chi connectivity index (χ0v) is 9.28. The predicted octanol–water partition coefficient (Wildman–Crippen LogP) is 0.733. The lowest BCUT2D eigenvalue weighted by Crippen LogP contribution is -2.01. The Morgan fingerprint density at radius 1 is 1.33 bits per heavy atom. The Kier molecular flexibility index (Phi) is 4.96. The maximum Gasteiger partial charge on any atom is 0.294 e. The quantitative estimate of drug-likeness (QED) is 0.696. The van der Waals surface area contributed by atoms with E-state index in [4.69, 9.17) is 4.55 Å². The summed E-state index contributed by atoms with van der Waals surface area (Å²) in [4.78, 5) is 9.19. The number of aryl methyl sites for hydroxylation is 1. The molecule has 0 aliphatic heterocycles. The van der Waals surface area contributed by atoms with Crippen molar-refractivity contribution in [3.8, 4) is 0 Å². The maximum atomic E-state index is 10.6. The van der Waals surface area contributed by atoms with Crippen molar-refractivity contribution in [2.45, 2.75) is 18.7 Å². The van der Waals surface area contributed by atoms with Gasteiger partial charge in [0, 0.05) is 6.92 Å². The Morgan fingerprint density at radius 2 is 1.73 bits per heavy atom. The predicted molar refractivity (Wildman–Crippen MR) is 55.9 cm³/mol. The lowest BCUT2D eigenvalue weighted by Gasteiger charge is -1.99. The fourth-order valence-corrected chi connectivity index (χ4v) is 1.57. The number of carbonyl (C=O) groups is 1. The summed E-state index contributed by atoms with van der Waals surface area (Å²) in [5, 5.41) is 0. The van der Waals surface area contributed by atoms with Gasteiger partial charge in [-0.25, -0.2) is 0 Å². The molecule has 15 heavy (non-hydrogen) atoms. The van der Waals surface area contributed by atoms with Gasteiger partial charge in [0.05, 0.1) is 4.90 Å². The van der Waals surface area contributed by atoms with Gasteiger partial charge < -0.3 is 5.73 Å². The largest absolute Gasteiger partial charge is 0.370 e. The molecule has 0 aliphatic rings. The second-order valence-corrected chi connectivity index (χ2v) is 4.24. The molecule has 0 aromatic heterocycles. The second kappa shape index (κ2) is 5.47. The van der Waals surface area contributed by atoms with Crippen LogP contribution in [-0.4, -0.2) is 18.9 Å². The first kappa shape index (κ1) is 13.6. The van der Waals surface area contributed by atoms with Crippen LogP contribution in [0.3, 0.4) is 0 Å². The molecule has 0 spiro atoms. The normalized spacial score (nSPS) is 10.1. The summed E-state index contributed by atoms with van der Waals surface area (Å²) in [6, 6.07) is 6.27. The Bertz CT molecular complexity index is 435. The van der Waals surface area contributed by atoms with Gasteiger partial charge >= 0.3 is 0 Å². The van der Waals surface area contributed by atoms with Gasteiger partial charge in [-0.3, -0.25) is 9.35 Å². The highest BCUT2D eigenvalue weighted by molar-refractivity contribution is 7.85. The molecule has 0 atom stereocenters. The first-order valence-electron chi connectivity index (χ1n) is 4.04. The van der Waals surface area contributed by atoms with Crippen LogP contribution in [0.5, 0.6) is 0 Å². The standard InChI is InChI=1S/C7H8O3S.C2H5NO/c1-6-4-2-3-5-7(6)11(8,9)10;1-2(3)4/h2-5H,1H3,(H,8,9,10);1H3,(H2,3,4). The van der Waals surface area contributed by atoms with E-state index in [0.717, 1.165) is 0 Å². The van der Waals surface area contributed by atoms with Gasteiger partial charge in [-0.05, 0) is 18.6 Å². The van der Waals surface area contributed by atoms with Crippen LogP contribution >= 0.6 is 0 Å². The molecular formula is C9H13NO4S. The molecule has 84 valence electrons. The van der Waals surface area contributed by atoms with Crippen molar-refractivity contribution in [2.24, 2.45) is 5.73 Å². The lowest BCUT2D eigenvalue weighted by molar-refractivity contribution is -0.115.